The summed E-state index contributed by atoms with van der Waals surface area (Å²) in [5.74, 6) is 0.0629. The third-order valence-corrected chi connectivity index (χ3v) is 2.84. The lowest BCUT2D eigenvalue weighted by molar-refractivity contribution is 0.629. The summed E-state index contributed by atoms with van der Waals surface area (Å²) in [6, 6.07) is 4.47. The largest absolute Gasteiger partial charge is 0.369 e. The SMILES string of the molecule is Cn1cc(Cn2c(N)nc3cc(F)ccc32)cn1. The van der Waals surface area contributed by atoms with E-state index in [9.17, 15) is 4.39 Å². The molecule has 0 aliphatic carbocycles. The van der Waals surface area contributed by atoms with Crippen LogP contribution in [0.3, 0.4) is 0 Å². The number of aromatic nitrogens is 4. The summed E-state index contributed by atoms with van der Waals surface area (Å²) in [5.41, 5.74) is 8.26. The van der Waals surface area contributed by atoms with Gasteiger partial charge in [0.1, 0.15) is 5.82 Å². The zero-order chi connectivity index (χ0) is 12.7. The van der Waals surface area contributed by atoms with Crippen LogP contribution in [0.5, 0.6) is 0 Å². The molecule has 0 saturated heterocycles. The van der Waals surface area contributed by atoms with Gasteiger partial charge in [-0.15, -0.1) is 0 Å². The van der Waals surface area contributed by atoms with Crippen LogP contribution in [0.2, 0.25) is 0 Å². The zero-order valence-electron chi connectivity index (χ0n) is 9.84. The van der Waals surface area contributed by atoms with Crippen molar-refractivity contribution in [1.82, 2.24) is 19.3 Å². The maximum atomic E-state index is 13.1. The topological polar surface area (TPSA) is 61.7 Å². The molecule has 0 bridgehead atoms. The van der Waals surface area contributed by atoms with Crippen LogP contribution >= 0.6 is 0 Å². The molecule has 0 radical (unpaired) electrons. The maximum absolute atomic E-state index is 13.1. The normalized spacial score (nSPS) is 11.2. The van der Waals surface area contributed by atoms with Gasteiger partial charge in [-0.25, -0.2) is 9.37 Å². The Bertz CT molecular complexity index is 712. The van der Waals surface area contributed by atoms with Crippen molar-refractivity contribution >= 4 is 17.0 Å². The Morgan fingerprint density at radius 3 is 2.94 bits per heavy atom. The maximum Gasteiger partial charge on any atom is 0.201 e. The minimum Gasteiger partial charge on any atom is -0.369 e. The third kappa shape index (κ3) is 1.71. The van der Waals surface area contributed by atoms with E-state index in [0.29, 0.717) is 18.0 Å². The molecule has 2 N–H and O–H groups in total. The Hall–Kier alpha value is -2.37. The highest BCUT2D eigenvalue weighted by Crippen LogP contribution is 2.20. The van der Waals surface area contributed by atoms with E-state index in [-0.39, 0.29) is 5.82 Å². The van der Waals surface area contributed by atoms with Gasteiger partial charge < -0.3 is 10.3 Å². The number of nitrogen functional groups attached to an aromatic ring is 1. The Kier molecular flexibility index (Phi) is 2.29. The highest BCUT2D eigenvalue weighted by molar-refractivity contribution is 5.78. The molecule has 0 atom stereocenters. The Morgan fingerprint density at radius 2 is 2.22 bits per heavy atom. The fraction of sp³-hybridized carbons (Fsp3) is 0.167. The van der Waals surface area contributed by atoms with E-state index in [1.165, 1.54) is 12.1 Å². The summed E-state index contributed by atoms with van der Waals surface area (Å²) in [7, 11) is 1.86. The van der Waals surface area contributed by atoms with Crippen LogP contribution in [0.25, 0.3) is 11.0 Å². The van der Waals surface area contributed by atoms with Gasteiger partial charge in [-0.2, -0.15) is 5.10 Å². The summed E-state index contributed by atoms with van der Waals surface area (Å²) < 4.78 is 16.7. The summed E-state index contributed by atoms with van der Waals surface area (Å²) in [4.78, 5) is 4.15. The van der Waals surface area contributed by atoms with Crippen molar-refractivity contribution in [2.24, 2.45) is 7.05 Å². The van der Waals surface area contributed by atoms with Crippen LogP contribution in [0.15, 0.2) is 30.6 Å². The van der Waals surface area contributed by atoms with E-state index < -0.39 is 0 Å². The third-order valence-electron chi connectivity index (χ3n) is 2.84. The van der Waals surface area contributed by atoms with Gasteiger partial charge in [0, 0.05) is 24.9 Å². The smallest absolute Gasteiger partial charge is 0.201 e. The van der Waals surface area contributed by atoms with Crippen molar-refractivity contribution in [3.05, 3.63) is 42.0 Å². The molecule has 5 nitrogen and oxygen atoms in total. The molecule has 1 aromatic carbocycles. The molecule has 0 aliphatic heterocycles. The van der Waals surface area contributed by atoms with Crippen LogP contribution < -0.4 is 5.73 Å². The van der Waals surface area contributed by atoms with Crippen molar-refractivity contribution in [3.8, 4) is 0 Å². The monoisotopic (exact) mass is 245 g/mol. The molecule has 0 amide bonds. The lowest BCUT2D eigenvalue weighted by Crippen LogP contribution is -2.03. The number of hydrogen-bond acceptors (Lipinski definition) is 3. The van der Waals surface area contributed by atoms with Gasteiger partial charge in [0.25, 0.3) is 0 Å². The standard InChI is InChI=1S/C12H12FN5/c1-17-6-8(5-15-17)7-18-11-3-2-9(13)4-10(11)16-12(18)14/h2-6H,7H2,1H3,(H2,14,16). The number of anilines is 1. The first-order valence-electron chi connectivity index (χ1n) is 5.52. The molecular weight excluding hydrogens is 233 g/mol. The number of rotatable bonds is 2. The van der Waals surface area contributed by atoms with Crippen molar-refractivity contribution in [1.29, 1.82) is 0 Å². The van der Waals surface area contributed by atoms with Gasteiger partial charge in [-0.1, -0.05) is 0 Å². The van der Waals surface area contributed by atoms with E-state index in [1.54, 1.807) is 16.9 Å². The van der Waals surface area contributed by atoms with Crippen LogP contribution in [0.1, 0.15) is 5.56 Å². The quantitative estimate of drug-likeness (QED) is 0.745. The number of fused-ring (bicyclic) bond motifs is 1. The van der Waals surface area contributed by atoms with E-state index in [1.807, 2.05) is 17.8 Å². The summed E-state index contributed by atoms with van der Waals surface area (Å²) in [6.07, 6.45) is 3.68. The van der Waals surface area contributed by atoms with E-state index in [0.717, 1.165) is 11.1 Å². The van der Waals surface area contributed by atoms with Crippen LogP contribution in [-0.2, 0) is 13.6 Å². The van der Waals surface area contributed by atoms with Gasteiger partial charge in [-0.3, -0.25) is 4.68 Å². The summed E-state index contributed by atoms with van der Waals surface area (Å²) in [5, 5.41) is 4.10. The number of aryl methyl sites for hydroxylation is 1. The molecule has 92 valence electrons. The highest BCUT2D eigenvalue weighted by Gasteiger charge is 2.09. The van der Waals surface area contributed by atoms with Crippen molar-refractivity contribution in [2.75, 3.05) is 5.73 Å². The van der Waals surface area contributed by atoms with Gasteiger partial charge in [0.05, 0.1) is 23.8 Å². The van der Waals surface area contributed by atoms with E-state index in [2.05, 4.69) is 10.1 Å². The Labute approximate surface area is 103 Å². The molecule has 3 rings (SSSR count). The Balaban J connectivity index is 2.08. The van der Waals surface area contributed by atoms with Crippen molar-refractivity contribution in [3.63, 3.8) is 0 Å². The second kappa shape index (κ2) is 3.83. The number of nitrogens with zero attached hydrogens (tertiary/aromatic N) is 4. The molecule has 0 aliphatic rings. The summed E-state index contributed by atoms with van der Waals surface area (Å²) in [6.45, 7) is 0.571. The van der Waals surface area contributed by atoms with E-state index in [4.69, 9.17) is 5.73 Å². The van der Waals surface area contributed by atoms with Crippen LogP contribution in [0.4, 0.5) is 10.3 Å². The molecule has 0 fully saturated rings. The second-order valence-corrected chi connectivity index (χ2v) is 4.21. The van der Waals surface area contributed by atoms with Gasteiger partial charge in [0.15, 0.2) is 0 Å². The predicted molar refractivity (Wildman–Crippen MR) is 66.4 cm³/mol. The van der Waals surface area contributed by atoms with Gasteiger partial charge >= 0.3 is 0 Å². The number of hydrogen-bond donors (Lipinski definition) is 1. The zero-order valence-corrected chi connectivity index (χ0v) is 9.84. The van der Waals surface area contributed by atoms with E-state index >= 15 is 0 Å². The molecule has 6 heteroatoms. The molecule has 3 aromatic rings. The van der Waals surface area contributed by atoms with Crippen molar-refractivity contribution in [2.45, 2.75) is 6.54 Å². The molecule has 0 unspecified atom stereocenters. The minimum atomic E-state index is -0.312. The minimum absolute atomic E-state index is 0.312. The van der Waals surface area contributed by atoms with Crippen molar-refractivity contribution < 1.29 is 4.39 Å². The lowest BCUT2D eigenvalue weighted by Gasteiger charge is -2.03. The number of benzene rings is 1. The first kappa shape index (κ1) is 10.8. The summed E-state index contributed by atoms with van der Waals surface area (Å²) >= 11 is 0. The first-order valence-corrected chi connectivity index (χ1v) is 5.52. The van der Waals surface area contributed by atoms with Crippen LogP contribution in [0, 0.1) is 5.82 Å². The first-order chi connectivity index (χ1) is 8.63. The van der Waals surface area contributed by atoms with Gasteiger partial charge in [-0.05, 0) is 12.1 Å². The van der Waals surface area contributed by atoms with Gasteiger partial charge in [0.2, 0.25) is 5.95 Å². The molecular formula is C12H12FN5. The fourth-order valence-corrected chi connectivity index (χ4v) is 2.02. The average molecular weight is 245 g/mol. The molecule has 2 heterocycles. The molecule has 0 saturated carbocycles. The number of imidazole rings is 1. The molecule has 18 heavy (non-hydrogen) atoms. The highest BCUT2D eigenvalue weighted by atomic mass is 19.1. The van der Waals surface area contributed by atoms with Crippen LogP contribution in [-0.4, -0.2) is 19.3 Å². The number of halogens is 1. The molecule has 2 aromatic heterocycles. The second-order valence-electron chi connectivity index (χ2n) is 4.21. The molecule has 0 spiro atoms. The fourth-order valence-electron chi connectivity index (χ4n) is 2.02. The average Bonchev–Trinajstić information content (AvgIpc) is 2.84. The Morgan fingerprint density at radius 1 is 1.39 bits per heavy atom. The number of nitrogens with two attached hydrogens (primary N) is 1. The predicted octanol–water partition coefficient (Wildman–Crippen LogP) is 1.54. The lowest BCUT2D eigenvalue weighted by atomic mass is 10.3.